The zero-order chi connectivity index (χ0) is 10.8. The van der Waals surface area contributed by atoms with Gasteiger partial charge < -0.3 is 4.84 Å². The highest BCUT2D eigenvalue weighted by molar-refractivity contribution is 7.15. The molecule has 0 aromatic carbocycles. The lowest BCUT2D eigenvalue weighted by atomic mass is 10.5. The third-order valence-corrected chi connectivity index (χ3v) is 2.65. The highest BCUT2D eigenvalue weighted by Crippen LogP contribution is 2.19. The summed E-state index contributed by atoms with van der Waals surface area (Å²) in [6, 6.07) is 0. The van der Waals surface area contributed by atoms with E-state index in [2.05, 4.69) is 15.0 Å². The van der Waals surface area contributed by atoms with Gasteiger partial charge in [-0.15, -0.1) is 11.3 Å². The molecule has 0 atom stereocenters. The highest BCUT2D eigenvalue weighted by Gasteiger charge is 2.08. The second kappa shape index (κ2) is 4.00. The van der Waals surface area contributed by atoms with E-state index in [4.69, 9.17) is 11.6 Å². The van der Waals surface area contributed by atoms with Gasteiger partial charge in [-0.2, -0.15) is 0 Å². The van der Waals surface area contributed by atoms with Crippen molar-refractivity contribution in [1.29, 1.82) is 0 Å². The van der Waals surface area contributed by atoms with E-state index in [1.807, 2.05) is 11.6 Å². The Balaban J connectivity index is 2.33. The van der Waals surface area contributed by atoms with E-state index in [1.165, 1.54) is 24.5 Å². The molecule has 2 heterocycles. The van der Waals surface area contributed by atoms with Crippen LogP contribution in [0.25, 0.3) is 4.96 Å². The Morgan fingerprint density at radius 3 is 3.33 bits per heavy atom. The van der Waals surface area contributed by atoms with Crippen LogP contribution < -0.4 is 0 Å². The van der Waals surface area contributed by atoms with Gasteiger partial charge in [-0.25, -0.2) is 9.78 Å². The lowest BCUT2D eigenvalue weighted by Gasteiger charge is -1.90. The van der Waals surface area contributed by atoms with Crippen molar-refractivity contribution in [2.24, 2.45) is 5.16 Å². The molecule has 0 fully saturated rings. The highest BCUT2D eigenvalue weighted by atomic mass is 35.5. The Hall–Kier alpha value is -1.40. The molecular formula is C8H6ClN3O2S. The maximum Gasteiger partial charge on any atom is 0.331 e. The summed E-state index contributed by atoms with van der Waals surface area (Å²) >= 11 is 7.33. The van der Waals surface area contributed by atoms with Gasteiger partial charge in [-0.05, 0) is 0 Å². The Labute approximate surface area is 93.9 Å². The summed E-state index contributed by atoms with van der Waals surface area (Å²) < 4.78 is 1.76. The Morgan fingerprint density at radius 2 is 2.60 bits per heavy atom. The predicted molar refractivity (Wildman–Crippen MR) is 57.4 cm³/mol. The fourth-order valence-corrected chi connectivity index (χ4v) is 2.03. The summed E-state index contributed by atoms with van der Waals surface area (Å²) in [5.41, 5.74) is 0.592. The van der Waals surface area contributed by atoms with Crippen molar-refractivity contribution in [2.45, 2.75) is 6.92 Å². The van der Waals surface area contributed by atoms with Crippen molar-refractivity contribution in [1.82, 2.24) is 9.38 Å². The van der Waals surface area contributed by atoms with Crippen molar-refractivity contribution < 1.29 is 9.63 Å². The van der Waals surface area contributed by atoms with Crippen LogP contribution in [0.4, 0.5) is 0 Å². The predicted octanol–water partition coefficient (Wildman–Crippen LogP) is 1.95. The van der Waals surface area contributed by atoms with E-state index in [-0.39, 0.29) is 0 Å². The molecule has 0 amide bonds. The Kier molecular flexibility index (Phi) is 2.70. The van der Waals surface area contributed by atoms with Crippen LogP contribution in [0.5, 0.6) is 0 Å². The number of fused-ring (bicyclic) bond motifs is 1. The summed E-state index contributed by atoms with van der Waals surface area (Å²) in [7, 11) is 0. The molecule has 0 spiro atoms. The van der Waals surface area contributed by atoms with Crippen LogP contribution in [0.15, 0.2) is 16.7 Å². The summed E-state index contributed by atoms with van der Waals surface area (Å²) in [5, 5.41) is 5.70. The summed E-state index contributed by atoms with van der Waals surface area (Å²) in [5.74, 6) is -0.478. The number of carbonyl (C=O) groups is 1. The average Bonchev–Trinajstić information content (AvgIpc) is 2.68. The molecule has 15 heavy (non-hydrogen) atoms. The van der Waals surface area contributed by atoms with E-state index < -0.39 is 5.97 Å². The van der Waals surface area contributed by atoms with E-state index in [9.17, 15) is 4.79 Å². The molecule has 5 nitrogen and oxygen atoms in total. The standard InChI is InChI=1S/C8H6ClN3O2S/c1-5(13)14-10-4-6-7(9)11-8-12(6)2-3-15-8/h2-4H,1H3/b10-4-. The van der Waals surface area contributed by atoms with Crippen molar-refractivity contribution in [3.8, 4) is 0 Å². The average molecular weight is 244 g/mol. The van der Waals surface area contributed by atoms with Gasteiger partial charge in [0.15, 0.2) is 10.1 Å². The minimum absolute atomic E-state index is 0.331. The van der Waals surface area contributed by atoms with Gasteiger partial charge in [0.25, 0.3) is 0 Å². The molecule has 0 aliphatic carbocycles. The lowest BCUT2D eigenvalue weighted by Crippen LogP contribution is -1.94. The van der Waals surface area contributed by atoms with Crippen LogP contribution in [-0.4, -0.2) is 21.6 Å². The zero-order valence-electron chi connectivity index (χ0n) is 7.68. The maximum atomic E-state index is 10.5. The minimum atomic E-state index is -0.478. The molecule has 0 aliphatic heterocycles. The first-order valence-corrected chi connectivity index (χ1v) is 5.26. The van der Waals surface area contributed by atoms with Gasteiger partial charge in [0.05, 0.1) is 6.21 Å². The van der Waals surface area contributed by atoms with Gasteiger partial charge in [0.1, 0.15) is 5.69 Å². The van der Waals surface area contributed by atoms with Crippen LogP contribution in [0.3, 0.4) is 0 Å². The number of carbonyl (C=O) groups excluding carboxylic acids is 1. The van der Waals surface area contributed by atoms with Crippen LogP contribution in [0.1, 0.15) is 12.6 Å². The number of oxime groups is 1. The molecule has 0 radical (unpaired) electrons. The van der Waals surface area contributed by atoms with Crippen LogP contribution in [0, 0.1) is 0 Å². The minimum Gasteiger partial charge on any atom is -0.319 e. The first-order chi connectivity index (χ1) is 7.18. The molecule has 2 rings (SSSR count). The number of hydrogen-bond donors (Lipinski definition) is 0. The number of rotatable bonds is 2. The SMILES string of the molecule is CC(=O)O/N=C\c1c(Cl)nc2sccn12. The van der Waals surface area contributed by atoms with E-state index in [0.29, 0.717) is 10.8 Å². The Morgan fingerprint density at radius 1 is 1.80 bits per heavy atom. The fraction of sp³-hybridized carbons (Fsp3) is 0.125. The molecule has 0 N–H and O–H groups in total. The van der Waals surface area contributed by atoms with Crippen LogP contribution >= 0.6 is 22.9 Å². The molecular weight excluding hydrogens is 238 g/mol. The second-order valence-electron chi connectivity index (χ2n) is 2.66. The van der Waals surface area contributed by atoms with E-state index >= 15 is 0 Å². The number of hydrogen-bond acceptors (Lipinski definition) is 5. The molecule has 0 saturated carbocycles. The van der Waals surface area contributed by atoms with Crippen LogP contribution in [-0.2, 0) is 9.63 Å². The molecule has 7 heteroatoms. The summed E-state index contributed by atoms with van der Waals surface area (Å²) in [6.07, 6.45) is 3.17. The van der Waals surface area contributed by atoms with Crippen molar-refractivity contribution in [3.05, 3.63) is 22.4 Å². The van der Waals surface area contributed by atoms with Crippen molar-refractivity contribution in [2.75, 3.05) is 0 Å². The smallest absolute Gasteiger partial charge is 0.319 e. The van der Waals surface area contributed by atoms with Gasteiger partial charge in [-0.3, -0.25) is 4.40 Å². The summed E-state index contributed by atoms with van der Waals surface area (Å²) in [4.78, 5) is 19.8. The van der Waals surface area contributed by atoms with Gasteiger partial charge in [0, 0.05) is 18.5 Å². The van der Waals surface area contributed by atoms with Crippen molar-refractivity contribution >= 4 is 40.1 Å². The third kappa shape index (κ3) is 2.00. The van der Waals surface area contributed by atoms with Gasteiger partial charge in [0.2, 0.25) is 0 Å². The number of aromatic nitrogens is 2. The quantitative estimate of drug-likeness (QED) is 0.460. The molecule has 0 aliphatic rings. The van der Waals surface area contributed by atoms with E-state index in [1.54, 1.807) is 4.40 Å². The number of halogens is 1. The van der Waals surface area contributed by atoms with Gasteiger partial charge in [-0.1, -0.05) is 16.8 Å². The van der Waals surface area contributed by atoms with E-state index in [0.717, 1.165) is 4.96 Å². The second-order valence-corrected chi connectivity index (χ2v) is 3.89. The molecule has 2 aromatic heterocycles. The zero-order valence-corrected chi connectivity index (χ0v) is 9.25. The molecule has 78 valence electrons. The van der Waals surface area contributed by atoms with Crippen LogP contribution in [0.2, 0.25) is 5.15 Å². The molecule has 0 bridgehead atoms. The lowest BCUT2D eigenvalue weighted by molar-refractivity contribution is -0.140. The number of nitrogens with zero attached hydrogens (tertiary/aromatic N) is 3. The topological polar surface area (TPSA) is 56.0 Å². The first-order valence-electron chi connectivity index (χ1n) is 4.00. The monoisotopic (exact) mass is 243 g/mol. The molecule has 0 unspecified atom stereocenters. The third-order valence-electron chi connectivity index (χ3n) is 1.61. The molecule has 2 aromatic rings. The van der Waals surface area contributed by atoms with Gasteiger partial charge >= 0.3 is 5.97 Å². The first kappa shape index (κ1) is 10.1. The largest absolute Gasteiger partial charge is 0.331 e. The number of thiazole rings is 1. The normalized spacial score (nSPS) is 11.3. The summed E-state index contributed by atoms with van der Waals surface area (Å²) in [6.45, 7) is 1.27. The number of imidazole rings is 1. The molecule has 0 saturated heterocycles. The maximum absolute atomic E-state index is 10.5. The van der Waals surface area contributed by atoms with Crippen molar-refractivity contribution in [3.63, 3.8) is 0 Å². The fourth-order valence-electron chi connectivity index (χ4n) is 1.04. The Bertz CT molecular complexity index is 531.